The van der Waals surface area contributed by atoms with Crippen molar-refractivity contribution in [2.75, 3.05) is 18.0 Å². The molecule has 1 aliphatic rings. The number of benzene rings is 2. The van der Waals surface area contributed by atoms with Crippen molar-refractivity contribution in [2.45, 2.75) is 18.9 Å². The van der Waals surface area contributed by atoms with Crippen LogP contribution in [0.15, 0.2) is 77.5 Å². The molecule has 2 heterocycles. The topological polar surface area (TPSA) is 58.6 Å². The van der Waals surface area contributed by atoms with Crippen LogP contribution in [0.25, 0.3) is 0 Å². The zero-order valence-corrected chi connectivity index (χ0v) is 17.4. The minimum atomic E-state index is -0.137. The van der Waals surface area contributed by atoms with Gasteiger partial charge in [0.1, 0.15) is 6.10 Å². The molecule has 1 saturated heterocycles. The Bertz CT molecular complexity index is 899. The number of amides is 2. The molecule has 1 unspecified atom stereocenters. The fraction of sp³-hybridized carbons (Fsp3) is 0.227. The quantitative estimate of drug-likeness (QED) is 0.556. The summed E-state index contributed by atoms with van der Waals surface area (Å²) in [6.07, 6.45) is 4.90. The van der Waals surface area contributed by atoms with E-state index in [4.69, 9.17) is 4.74 Å². The number of ether oxygens (including phenoxy) is 1. The second-order valence-corrected chi connectivity index (χ2v) is 7.72. The predicted molar refractivity (Wildman–Crippen MR) is 115 cm³/mol. The largest absolute Gasteiger partial charge is 0.458 e. The van der Waals surface area contributed by atoms with Crippen molar-refractivity contribution in [2.24, 2.45) is 0 Å². The standard InChI is InChI=1S/C22H21BrN4O2/c23-17-14-24-21(25-15-17)29-20-12-7-13-26(16-20)22(28)27(18-8-3-1-4-9-18)19-10-5-2-6-11-19/h1-6,8-11,14-15,20H,7,12-13,16H2. The molecule has 1 fully saturated rings. The molecule has 0 radical (unpaired) electrons. The van der Waals surface area contributed by atoms with Gasteiger partial charge in [0.15, 0.2) is 0 Å². The van der Waals surface area contributed by atoms with Gasteiger partial charge in [0.05, 0.1) is 22.4 Å². The zero-order valence-electron chi connectivity index (χ0n) is 15.8. The molecule has 148 valence electrons. The molecule has 1 atom stereocenters. The van der Waals surface area contributed by atoms with Crippen LogP contribution in [0.2, 0.25) is 0 Å². The highest BCUT2D eigenvalue weighted by molar-refractivity contribution is 9.10. The van der Waals surface area contributed by atoms with Crippen molar-refractivity contribution < 1.29 is 9.53 Å². The van der Waals surface area contributed by atoms with Gasteiger partial charge >= 0.3 is 12.0 Å². The van der Waals surface area contributed by atoms with E-state index >= 15 is 0 Å². The summed E-state index contributed by atoms with van der Waals surface area (Å²) in [6.45, 7) is 1.18. The normalized spacial score (nSPS) is 16.3. The van der Waals surface area contributed by atoms with Crippen LogP contribution < -0.4 is 9.64 Å². The summed E-state index contributed by atoms with van der Waals surface area (Å²) < 4.78 is 6.72. The molecule has 0 bridgehead atoms. The van der Waals surface area contributed by atoms with Crippen molar-refractivity contribution in [1.82, 2.24) is 14.9 Å². The third-order valence-corrected chi connectivity index (χ3v) is 5.15. The van der Waals surface area contributed by atoms with Crippen molar-refractivity contribution in [3.8, 4) is 6.01 Å². The van der Waals surface area contributed by atoms with E-state index in [0.717, 1.165) is 28.7 Å². The molecule has 2 amide bonds. The van der Waals surface area contributed by atoms with Crippen molar-refractivity contribution in [3.63, 3.8) is 0 Å². The summed E-state index contributed by atoms with van der Waals surface area (Å²) in [5.74, 6) is 0. The molecule has 29 heavy (non-hydrogen) atoms. The molecule has 1 aliphatic heterocycles. The van der Waals surface area contributed by atoms with E-state index in [0.29, 0.717) is 19.1 Å². The zero-order chi connectivity index (χ0) is 20.1. The smallest absolute Gasteiger partial charge is 0.329 e. The summed E-state index contributed by atoms with van der Waals surface area (Å²) in [5.41, 5.74) is 1.67. The molecule has 2 aromatic carbocycles. The third-order valence-electron chi connectivity index (χ3n) is 4.74. The number of urea groups is 1. The van der Waals surface area contributed by atoms with Gasteiger partial charge in [-0.1, -0.05) is 36.4 Å². The number of hydrogen-bond donors (Lipinski definition) is 0. The second-order valence-electron chi connectivity index (χ2n) is 6.80. The molecular weight excluding hydrogens is 432 g/mol. The highest BCUT2D eigenvalue weighted by Gasteiger charge is 2.30. The molecule has 7 heteroatoms. The van der Waals surface area contributed by atoms with Crippen LogP contribution in [0.5, 0.6) is 6.01 Å². The number of piperidine rings is 1. The lowest BCUT2D eigenvalue weighted by Crippen LogP contribution is -2.49. The van der Waals surface area contributed by atoms with Crippen LogP contribution in [0, 0.1) is 0 Å². The molecule has 1 aromatic heterocycles. The van der Waals surface area contributed by atoms with E-state index in [2.05, 4.69) is 25.9 Å². The fourth-order valence-electron chi connectivity index (χ4n) is 3.38. The van der Waals surface area contributed by atoms with Crippen LogP contribution in [-0.4, -0.2) is 40.1 Å². The average molecular weight is 453 g/mol. The minimum absolute atomic E-state index is 0.0626. The van der Waals surface area contributed by atoms with Gasteiger partial charge in [0.25, 0.3) is 0 Å². The van der Waals surface area contributed by atoms with E-state index in [1.165, 1.54) is 0 Å². The number of hydrogen-bond acceptors (Lipinski definition) is 4. The third kappa shape index (κ3) is 4.74. The van der Waals surface area contributed by atoms with E-state index in [1.54, 1.807) is 17.3 Å². The Balaban J connectivity index is 1.53. The number of halogens is 1. The number of carbonyl (C=O) groups is 1. The number of likely N-dealkylation sites (tertiary alicyclic amines) is 1. The molecule has 4 rings (SSSR count). The van der Waals surface area contributed by atoms with E-state index < -0.39 is 0 Å². The number of carbonyl (C=O) groups excluding carboxylic acids is 1. The fourth-order valence-corrected chi connectivity index (χ4v) is 3.59. The summed E-state index contributed by atoms with van der Waals surface area (Å²) in [4.78, 5) is 25.4. The average Bonchev–Trinajstić information content (AvgIpc) is 2.77. The molecule has 6 nitrogen and oxygen atoms in total. The van der Waals surface area contributed by atoms with Crippen LogP contribution in [0.4, 0.5) is 16.2 Å². The first-order valence-corrected chi connectivity index (χ1v) is 10.3. The Labute approximate surface area is 178 Å². The highest BCUT2D eigenvalue weighted by atomic mass is 79.9. The first-order chi connectivity index (χ1) is 14.2. The summed E-state index contributed by atoms with van der Waals surface area (Å²) in [6, 6.07) is 19.7. The first-order valence-electron chi connectivity index (χ1n) is 9.54. The number of anilines is 2. The van der Waals surface area contributed by atoms with Crippen molar-refractivity contribution >= 4 is 33.3 Å². The van der Waals surface area contributed by atoms with Gasteiger partial charge < -0.3 is 9.64 Å². The number of rotatable bonds is 4. The maximum absolute atomic E-state index is 13.5. The lowest BCUT2D eigenvalue weighted by Gasteiger charge is -2.36. The highest BCUT2D eigenvalue weighted by Crippen LogP contribution is 2.28. The number of nitrogens with zero attached hydrogens (tertiary/aromatic N) is 4. The van der Waals surface area contributed by atoms with Crippen LogP contribution in [0.3, 0.4) is 0 Å². The van der Waals surface area contributed by atoms with Gasteiger partial charge in [-0.2, -0.15) is 0 Å². The minimum Gasteiger partial charge on any atom is -0.458 e. The lowest BCUT2D eigenvalue weighted by atomic mass is 10.1. The second kappa shape index (κ2) is 9.05. The van der Waals surface area contributed by atoms with Crippen LogP contribution in [0.1, 0.15) is 12.8 Å². The van der Waals surface area contributed by atoms with Gasteiger partial charge in [-0.3, -0.25) is 4.90 Å². The van der Waals surface area contributed by atoms with E-state index in [1.807, 2.05) is 65.6 Å². The van der Waals surface area contributed by atoms with Gasteiger partial charge in [-0.25, -0.2) is 14.8 Å². The van der Waals surface area contributed by atoms with Gasteiger partial charge in [-0.15, -0.1) is 0 Å². The molecule has 0 N–H and O–H groups in total. The van der Waals surface area contributed by atoms with Gasteiger partial charge in [0, 0.05) is 18.9 Å². The van der Waals surface area contributed by atoms with Crippen molar-refractivity contribution in [3.05, 3.63) is 77.5 Å². The van der Waals surface area contributed by atoms with E-state index in [9.17, 15) is 4.79 Å². The van der Waals surface area contributed by atoms with E-state index in [-0.39, 0.29) is 12.1 Å². The van der Waals surface area contributed by atoms with Crippen LogP contribution in [-0.2, 0) is 0 Å². The Hall–Kier alpha value is -2.93. The van der Waals surface area contributed by atoms with Gasteiger partial charge in [0.2, 0.25) is 0 Å². The Morgan fingerprint density at radius 3 is 2.17 bits per heavy atom. The summed E-state index contributed by atoms with van der Waals surface area (Å²) >= 11 is 3.32. The molecular formula is C22H21BrN4O2. The van der Waals surface area contributed by atoms with Gasteiger partial charge in [-0.05, 0) is 53.0 Å². The Morgan fingerprint density at radius 2 is 1.59 bits per heavy atom. The first kappa shape index (κ1) is 19.4. The maximum Gasteiger partial charge on any atom is 0.329 e. The molecule has 3 aromatic rings. The molecule has 0 saturated carbocycles. The maximum atomic E-state index is 13.5. The molecule has 0 aliphatic carbocycles. The lowest BCUT2D eigenvalue weighted by molar-refractivity contribution is 0.0968. The predicted octanol–water partition coefficient (Wildman–Crippen LogP) is 5.04. The molecule has 0 spiro atoms. The number of para-hydroxylation sites is 2. The van der Waals surface area contributed by atoms with Crippen molar-refractivity contribution in [1.29, 1.82) is 0 Å². The van der Waals surface area contributed by atoms with Crippen LogP contribution >= 0.6 is 15.9 Å². The Morgan fingerprint density at radius 1 is 1.00 bits per heavy atom. The Kier molecular flexibility index (Phi) is 6.05. The SMILES string of the molecule is O=C(N1CCCC(Oc2ncc(Br)cn2)C1)N(c1ccccc1)c1ccccc1. The summed E-state index contributed by atoms with van der Waals surface area (Å²) in [7, 11) is 0. The number of aromatic nitrogens is 2. The summed E-state index contributed by atoms with van der Waals surface area (Å²) in [5, 5.41) is 0. The monoisotopic (exact) mass is 452 g/mol.